The summed E-state index contributed by atoms with van der Waals surface area (Å²) in [7, 11) is 0. The molecular formula is C10H10NNb-. The fraction of sp³-hybridized carbons (Fsp3) is 0. The Hall–Kier alpha value is -0.630. The predicted octanol–water partition coefficient (Wildman–Crippen LogP) is 2.68. The van der Waals surface area contributed by atoms with Crippen LogP contribution < -0.4 is 0 Å². The predicted molar refractivity (Wildman–Crippen MR) is 48.2 cm³/mol. The molecule has 1 heterocycles. The van der Waals surface area contributed by atoms with Gasteiger partial charge in [-0.3, -0.25) is 4.98 Å². The Balaban J connectivity index is 0.000000605. The third kappa shape index (κ3) is 2.18. The summed E-state index contributed by atoms with van der Waals surface area (Å²) < 4.78 is 0. The molecule has 0 bridgehead atoms. The molecule has 0 fully saturated rings. The van der Waals surface area contributed by atoms with Gasteiger partial charge >= 0.3 is 0 Å². The number of pyridine rings is 1. The van der Waals surface area contributed by atoms with Crippen LogP contribution in [0.1, 0.15) is 0 Å². The van der Waals surface area contributed by atoms with E-state index < -0.39 is 0 Å². The molecule has 0 saturated carbocycles. The Morgan fingerprint density at radius 3 is 2.25 bits per heavy atom. The molecular weight excluding hydrogens is 227 g/mol. The largest absolute Gasteiger partial charge is 0.358 e. The molecule has 1 radical (unpaired) electrons. The molecule has 1 aromatic carbocycles. The Morgan fingerprint density at radius 2 is 1.58 bits per heavy atom. The van der Waals surface area contributed by atoms with Crippen LogP contribution in [0, 0.1) is 7.43 Å². The van der Waals surface area contributed by atoms with Crippen molar-refractivity contribution in [3.8, 4) is 0 Å². The van der Waals surface area contributed by atoms with Crippen LogP contribution in [0.25, 0.3) is 10.8 Å². The fourth-order valence-electron chi connectivity index (χ4n) is 1.03. The molecule has 0 unspecified atom stereocenters. The van der Waals surface area contributed by atoms with E-state index in [2.05, 4.69) is 17.1 Å². The van der Waals surface area contributed by atoms with Crippen molar-refractivity contribution in [3.05, 3.63) is 50.2 Å². The van der Waals surface area contributed by atoms with Crippen molar-refractivity contribution in [1.29, 1.82) is 0 Å². The van der Waals surface area contributed by atoms with Gasteiger partial charge in [-0.15, -0.1) is 0 Å². The summed E-state index contributed by atoms with van der Waals surface area (Å²) in [5, 5.41) is 2.45. The first-order valence-electron chi connectivity index (χ1n) is 3.25. The summed E-state index contributed by atoms with van der Waals surface area (Å²) in [4.78, 5) is 4.01. The minimum absolute atomic E-state index is 0. The van der Waals surface area contributed by atoms with Crippen molar-refractivity contribution in [2.45, 2.75) is 0 Å². The molecule has 0 amide bonds. The van der Waals surface area contributed by atoms with Gasteiger partial charge in [0.05, 0.1) is 0 Å². The topological polar surface area (TPSA) is 12.9 Å². The number of rotatable bonds is 0. The van der Waals surface area contributed by atoms with Gasteiger partial charge in [-0.2, -0.15) is 0 Å². The second-order valence-electron chi connectivity index (χ2n) is 2.22. The maximum atomic E-state index is 4.01. The van der Waals surface area contributed by atoms with E-state index in [1.807, 2.05) is 30.6 Å². The van der Waals surface area contributed by atoms with Crippen LogP contribution in [0.3, 0.4) is 0 Å². The Bertz CT molecular complexity index is 281. The zero-order valence-electron chi connectivity index (χ0n) is 6.94. The van der Waals surface area contributed by atoms with Gasteiger partial charge in [0, 0.05) is 34.8 Å². The molecule has 61 valence electrons. The standard InChI is InChI=1S/C9H7N.CH3.Nb/c1-2-4-9-7-10-6-5-8(9)3-1;;/h1-7H;1H3;/q;-1;. The van der Waals surface area contributed by atoms with Gasteiger partial charge in [-0.1, -0.05) is 24.3 Å². The van der Waals surface area contributed by atoms with E-state index in [-0.39, 0.29) is 29.8 Å². The van der Waals surface area contributed by atoms with Gasteiger partial charge < -0.3 is 7.43 Å². The van der Waals surface area contributed by atoms with Gasteiger partial charge in [0.1, 0.15) is 0 Å². The van der Waals surface area contributed by atoms with Gasteiger partial charge in [-0.05, 0) is 16.8 Å². The van der Waals surface area contributed by atoms with Crippen molar-refractivity contribution in [3.63, 3.8) is 0 Å². The molecule has 2 rings (SSSR count). The van der Waals surface area contributed by atoms with Gasteiger partial charge in [0.25, 0.3) is 0 Å². The van der Waals surface area contributed by atoms with E-state index in [0.717, 1.165) is 0 Å². The molecule has 2 aromatic rings. The van der Waals surface area contributed by atoms with Crippen LogP contribution in [-0.4, -0.2) is 4.98 Å². The first kappa shape index (κ1) is 11.4. The second kappa shape index (κ2) is 5.09. The molecule has 1 nitrogen and oxygen atoms in total. The fourth-order valence-corrected chi connectivity index (χ4v) is 1.03. The van der Waals surface area contributed by atoms with Crippen molar-refractivity contribution < 1.29 is 22.4 Å². The third-order valence-electron chi connectivity index (χ3n) is 1.55. The van der Waals surface area contributed by atoms with Crippen molar-refractivity contribution >= 4 is 10.8 Å². The van der Waals surface area contributed by atoms with Crippen LogP contribution in [-0.2, 0) is 22.4 Å². The van der Waals surface area contributed by atoms with E-state index in [0.29, 0.717) is 0 Å². The first-order valence-corrected chi connectivity index (χ1v) is 3.25. The van der Waals surface area contributed by atoms with Crippen LogP contribution in [0.5, 0.6) is 0 Å². The quantitative estimate of drug-likeness (QED) is 0.507. The van der Waals surface area contributed by atoms with Gasteiger partial charge in [0.2, 0.25) is 0 Å². The monoisotopic (exact) mass is 237 g/mol. The molecule has 0 aliphatic rings. The van der Waals surface area contributed by atoms with Crippen LogP contribution in [0.4, 0.5) is 0 Å². The number of hydrogen-bond donors (Lipinski definition) is 0. The molecule has 0 spiro atoms. The second-order valence-corrected chi connectivity index (χ2v) is 2.22. The molecule has 0 atom stereocenters. The van der Waals surface area contributed by atoms with Gasteiger partial charge in [-0.25, -0.2) is 0 Å². The SMILES string of the molecule is [CH3-].[Nb].c1ccc2cnccc2c1. The van der Waals surface area contributed by atoms with Crippen LogP contribution >= 0.6 is 0 Å². The molecule has 0 aliphatic carbocycles. The number of benzene rings is 1. The van der Waals surface area contributed by atoms with Crippen molar-refractivity contribution in [2.24, 2.45) is 0 Å². The van der Waals surface area contributed by atoms with E-state index >= 15 is 0 Å². The summed E-state index contributed by atoms with van der Waals surface area (Å²) in [5.74, 6) is 0. The zero-order chi connectivity index (χ0) is 6.81. The number of nitrogens with zero attached hydrogens (tertiary/aromatic N) is 1. The maximum absolute atomic E-state index is 4.01. The first-order chi connectivity index (χ1) is 4.97. The molecule has 0 saturated heterocycles. The smallest absolute Gasteiger partial charge is 0.0346 e. The normalized spacial score (nSPS) is 8.33. The maximum Gasteiger partial charge on any atom is 0.0346 e. The summed E-state index contributed by atoms with van der Waals surface area (Å²) in [5.41, 5.74) is 0. The van der Waals surface area contributed by atoms with Crippen molar-refractivity contribution in [1.82, 2.24) is 4.98 Å². The summed E-state index contributed by atoms with van der Waals surface area (Å²) >= 11 is 0. The average Bonchev–Trinajstić information content (AvgIpc) is 2.05. The van der Waals surface area contributed by atoms with Gasteiger partial charge in [0.15, 0.2) is 0 Å². The van der Waals surface area contributed by atoms with E-state index in [4.69, 9.17) is 0 Å². The average molecular weight is 237 g/mol. The minimum atomic E-state index is 0. The summed E-state index contributed by atoms with van der Waals surface area (Å²) in [6, 6.07) is 10.2. The number of fused-ring (bicyclic) bond motifs is 1. The van der Waals surface area contributed by atoms with Crippen LogP contribution in [0.15, 0.2) is 42.7 Å². The molecule has 0 aliphatic heterocycles. The Morgan fingerprint density at radius 1 is 0.917 bits per heavy atom. The van der Waals surface area contributed by atoms with Crippen LogP contribution in [0.2, 0.25) is 0 Å². The third-order valence-corrected chi connectivity index (χ3v) is 1.55. The summed E-state index contributed by atoms with van der Waals surface area (Å²) in [6.07, 6.45) is 3.68. The number of hydrogen-bond acceptors (Lipinski definition) is 1. The Kier molecular flexibility index (Phi) is 4.83. The van der Waals surface area contributed by atoms with Crippen molar-refractivity contribution in [2.75, 3.05) is 0 Å². The molecule has 0 N–H and O–H groups in total. The molecule has 2 heteroatoms. The molecule has 12 heavy (non-hydrogen) atoms. The van der Waals surface area contributed by atoms with E-state index in [1.54, 1.807) is 0 Å². The Labute approximate surface area is 88.3 Å². The number of aromatic nitrogens is 1. The van der Waals surface area contributed by atoms with E-state index in [1.165, 1.54) is 10.8 Å². The molecule has 1 aromatic heterocycles. The minimum Gasteiger partial charge on any atom is -0.358 e. The summed E-state index contributed by atoms with van der Waals surface area (Å²) in [6.45, 7) is 0. The van der Waals surface area contributed by atoms with E-state index in [9.17, 15) is 0 Å². The zero-order valence-corrected chi connectivity index (χ0v) is 9.13.